The summed E-state index contributed by atoms with van der Waals surface area (Å²) in [6.07, 6.45) is 0.725. The van der Waals surface area contributed by atoms with Crippen molar-refractivity contribution in [2.75, 3.05) is 38.3 Å². The zero-order valence-electron chi connectivity index (χ0n) is 18.9. The van der Waals surface area contributed by atoms with Crippen LogP contribution < -0.4 is 4.90 Å². The molecule has 32 heavy (non-hydrogen) atoms. The van der Waals surface area contributed by atoms with Gasteiger partial charge in [-0.05, 0) is 44.5 Å². The molecule has 0 fully saturated rings. The molecule has 0 saturated heterocycles. The van der Waals surface area contributed by atoms with Crippen molar-refractivity contribution < 1.29 is 14.1 Å². The molecule has 2 aromatic carbocycles. The van der Waals surface area contributed by atoms with Gasteiger partial charge in [-0.25, -0.2) is 0 Å². The van der Waals surface area contributed by atoms with E-state index in [0.29, 0.717) is 36.2 Å². The summed E-state index contributed by atoms with van der Waals surface area (Å²) in [4.78, 5) is 17.4. The van der Waals surface area contributed by atoms with Gasteiger partial charge < -0.3 is 19.1 Å². The maximum atomic E-state index is 13.4. The summed E-state index contributed by atoms with van der Waals surface area (Å²) in [7, 11) is 1.66. The molecular formula is C25H30ClN3O3. The van der Waals surface area contributed by atoms with Gasteiger partial charge in [-0.2, -0.15) is 0 Å². The van der Waals surface area contributed by atoms with Crippen LogP contribution in [0.25, 0.3) is 11.3 Å². The Hall–Kier alpha value is -2.83. The van der Waals surface area contributed by atoms with Crippen LogP contribution in [0, 0.1) is 0 Å². The van der Waals surface area contributed by atoms with E-state index in [1.54, 1.807) is 31.4 Å². The maximum absolute atomic E-state index is 13.4. The van der Waals surface area contributed by atoms with Crippen LogP contribution in [0.15, 0.2) is 59.1 Å². The van der Waals surface area contributed by atoms with Crippen LogP contribution in [0.2, 0.25) is 5.02 Å². The van der Waals surface area contributed by atoms with E-state index in [4.69, 9.17) is 20.9 Å². The lowest BCUT2D eigenvalue weighted by Gasteiger charge is -2.25. The SMILES string of the molecule is CCN(CC)c1onc(-c2ccccc2)c1CN(CCCOC)C(=O)c1ccc(Cl)cc1. The molecule has 0 spiro atoms. The van der Waals surface area contributed by atoms with E-state index in [2.05, 4.69) is 23.9 Å². The number of carbonyl (C=O) groups excluding carboxylic acids is 1. The van der Waals surface area contributed by atoms with E-state index in [-0.39, 0.29) is 5.91 Å². The van der Waals surface area contributed by atoms with Gasteiger partial charge in [0.1, 0.15) is 5.69 Å². The number of benzene rings is 2. The Bertz CT molecular complexity index is 985. The fraction of sp³-hybridized carbons (Fsp3) is 0.360. The van der Waals surface area contributed by atoms with Gasteiger partial charge in [-0.1, -0.05) is 47.1 Å². The number of carbonyl (C=O) groups is 1. The van der Waals surface area contributed by atoms with E-state index < -0.39 is 0 Å². The van der Waals surface area contributed by atoms with Crippen molar-refractivity contribution in [3.05, 3.63) is 70.7 Å². The minimum absolute atomic E-state index is 0.0662. The molecule has 3 aromatic rings. The van der Waals surface area contributed by atoms with Gasteiger partial charge in [0.15, 0.2) is 0 Å². The molecule has 0 aliphatic heterocycles. The van der Waals surface area contributed by atoms with Crippen LogP contribution in [-0.2, 0) is 11.3 Å². The predicted octanol–water partition coefficient (Wildman–Crippen LogP) is 5.52. The van der Waals surface area contributed by atoms with Crippen LogP contribution in [0.1, 0.15) is 36.2 Å². The number of hydrogen-bond acceptors (Lipinski definition) is 5. The quantitative estimate of drug-likeness (QED) is 0.356. The Balaban J connectivity index is 2.00. The Morgan fingerprint density at radius 1 is 1.06 bits per heavy atom. The molecule has 0 unspecified atom stereocenters. The second-order valence-corrected chi connectivity index (χ2v) is 7.87. The monoisotopic (exact) mass is 455 g/mol. The van der Waals surface area contributed by atoms with Crippen molar-refractivity contribution in [1.29, 1.82) is 0 Å². The Labute approximate surface area is 194 Å². The third-order valence-electron chi connectivity index (χ3n) is 5.37. The van der Waals surface area contributed by atoms with Gasteiger partial charge in [0, 0.05) is 49.5 Å². The highest BCUT2D eigenvalue weighted by Crippen LogP contribution is 2.33. The van der Waals surface area contributed by atoms with Crippen molar-refractivity contribution in [2.24, 2.45) is 0 Å². The molecule has 1 heterocycles. The van der Waals surface area contributed by atoms with Crippen LogP contribution in [0.3, 0.4) is 0 Å². The van der Waals surface area contributed by atoms with Gasteiger partial charge in [-0.15, -0.1) is 0 Å². The molecule has 0 atom stereocenters. The number of methoxy groups -OCH3 is 1. The molecule has 7 heteroatoms. The standard InChI is InChI=1S/C25H30ClN3O3/c1-4-28(5-2)25-22(23(27-32-25)19-10-7-6-8-11-19)18-29(16-9-17-31-3)24(30)20-12-14-21(26)15-13-20/h6-8,10-15H,4-5,9,16-18H2,1-3H3. The first-order chi connectivity index (χ1) is 15.6. The minimum atomic E-state index is -0.0662. The summed E-state index contributed by atoms with van der Waals surface area (Å²) in [6, 6.07) is 16.9. The molecule has 0 radical (unpaired) electrons. The topological polar surface area (TPSA) is 58.8 Å². The van der Waals surface area contributed by atoms with Gasteiger partial charge in [0.25, 0.3) is 5.91 Å². The first-order valence-corrected chi connectivity index (χ1v) is 11.3. The third kappa shape index (κ3) is 5.69. The van der Waals surface area contributed by atoms with E-state index in [1.165, 1.54) is 0 Å². The molecule has 0 bridgehead atoms. The molecule has 0 aliphatic carbocycles. The van der Waals surface area contributed by atoms with Crippen molar-refractivity contribution in [2.45, 2.75) is 26.8 Å². The van der Waals surface area contributed by atoms with E-state index >= 15 is 0 Å². The zero-order valence-corrected chi connectivity index (χ0v) is 19.6. The lowest BCUT2D eigenvalue weighted by atomic mass is 10.1. The number of rotatable bonds is 11. The van der Waals surface area contributed by atoms with Gasteiger partial charge in [-0.3, -0.25) is 4.79 Å². The maximum Gasteiger partial charge on any atom is 0.254 e. The summed E-state index contributed by atoms with van der Waals surface area (Å²) < 4.78 is 11.0. The summed E-state index contributed by atoms with van der Waals surface area (Å²) >= 11 is 6.02. The summed E-state index contributed by atoms with van der Waals surface area (Å²) in [5.74, 6) is 0.637. The first-order valence-electron chi connectivity index (χ1n) is 10.9. The minimum Gasteiger partial charge on any atom is -0.385 e. The average Bonchev–Trinajstić information content (AvgIpc) is 3.23. The van der Waals surface area contributed by atoms with Crippen LogP contribution in [0.4, 0.5) is 5.88 Å². The van der Waals surface area contributed by atoms with Crippen molar-refractivity contribution in [3.63, 3.8) is 0 Å². The Morgan fingerprint density at radius 3 is 2.38 bits per heavy atom. The molecule has 0 N–H and O–H groups in total. The Morgan fingerprint density at radius 2 is 1.75 bits per heavy atom. The second kappa shape index (κ2) is 11.7. The smallest absolute Gasteiger partial charge is 0.254 e. The Kier molecular flexibility index (Phi) is 8.71. The summed E-state index contributed by atoms with van der Waals surface area (Å²) in [6.45, 7) is 7.21. The largest absolute Gasteiger partial charge is 0.385 e. The zero-order chi connectivity index (χ0) is 22.9. The molecule has 0 saturated carbocycles. The van der Waals surface area contributed by atoms with Crippen LogP contribution in [-0.4, -0.2) is 49.3 Å². The van der Waals surface area contributed by atoms with E-state index in [9.17, 15) is 4.79 Å². The molecular weight excluding hydrogens is 426 g/mol. The third-order valence-corrected chi connectivity index (χ3v) is 5.62. The fourth-order valence-corrected chi connectivity index (χ4v) is 3.77. The second-order valence-electron chi connectivity index (χ2n) is 7.43. The van der Waals surface area contributed by atoms with Crippen LogP contribution in [0.5, 0.6) is 0 Å². The van der Waals surface area contributed by atoms with Gasteiger partial charge in [0.05, 0.1) is 12.1 Å². The summed E-state index contributed by atoms with van der Waals surface area (Å²) in [5, 5.41) is 5.00. The summed E-state index contributed by atoms with van der Waals surface area (Å²) in [5.41, 5.74) is 3.21. The number of aromatic nitrogens is 1. The van der Waals surface area contributed by atoms with E-state index in [0.717, 1.165) is 36.3 Å². The molecule has 1 aromatic heterocycles. The van der Waals surface area contributed by atoms with Gasteiger partial charge in [0.2, 0.25) is 5.88 Å². The number of hydrogen-bond donors (Lipinski definition) is 0. The highest BCUT2D eigenvalue weighted by molar-refractivity contribution is 6.30. The first kappa shape index (κ1) is 23.8. The number of nitrogens with zero attached hydrogens (tertiary/aromatic N) is 3. The fourth-order valence-electron chi connectivity index (χ4n) is 3.64. The molecule has 0 aliphatic rings. The molecule has 170 valence electrons. The average molecular weight is 456 g/mol. The number of amides is 1. The van der Waals surface area contributed by atoms with Crippen molar-refractivity contribution >= 4 is 23.4 Å². The number of anilines is 1. The van der Waals surface area contributed by atoms with Gasteiger partial charge >= 0.3 is 0 Å². The van der Waals surface area contributed by atoms with Crippen molar-refractivity contribution in [3.8, 4) is 11.3 Å². The highest BCUT2D eigenvalue weighted by atomic mass is 35.5. The number of ether oxygens (including phenoxy) is 1. The highest BCUT2D eigenvalue weighted by Gasteiger charge is 2.25. The van der Waals surface area contributed by atoms with Crippen molar-refractivity contribution in [1.82, 2.24) is 10.1 Å². The van der Waals surface area contributed by atoms with Crippen LogP contribution >= 0.6 is 11.6 Å². The normalized spacial score (nSPS) is 10.9. The number of halogens is 1. The predicted molar refractivity (Wildman–Crippen MR) is 128 cm³/mol. The lowest BCUT2D eigenvalue weighted by Crippen LogP contribution is -2.33. The molecule has 6 nitrogen and oxygen atoms in total. The van der Waals surface area contributed by atoms with E-state index in [1.807, 2.05) is 35.2 Å². The molecule has 1 amide bonds. The molecule has 3 rings (SSSR count). The lowest BCUT2D eigenvalue weighted by molar-refractivity contribution is 0.0724.